The van der Waals surface area contributed by atoms with E-state index in [-0.39, 0.29) is 0 Å². The van der Waals surface area contributed by atoms with Crippen LogP contribution in [0.1, 0.15) is 48.4 Å². The Bertz CT molecular complexity index is 1110. The van der Waals surface area contributed by atoms with Crippen LogP contribution in [0, 0.1) is 0 Å². The van der Waals surface area contributed by atoms with E-state index in [9.17, 15) is 0 Å². The van der Waals surface area contributed by atoms with Crippen LogP contribution in [0.25, 0.3) is 22.7 Å². The minimum atomic E-state index is 0.407. The van der Waals surface area contributed by atoms with Crippen molar-refractivity contribution in [3.05, 3.63) is 94.1 Å². The van der Waals surface area contributed by atoms with Crippen molar-refractivity contribution in [2.75, 3.05) is 0 Å². The van der Waals surface area contributed by atoms with E-state index >= 15 is 0 Å². The van der Waals surface area contributed by atoms with Gasteiger partial charge >= 0.3 is 0 Å². The molecule has 2 aliphatic carbocycles. The lowest BCUT2D eigenvalue weighted by atomic mass is 9.90. The van der Waals surface area contributed by atoms with Crippen LogP contribution in [0.5, 0.6) is 0 Å². The minimum absolute atomic E-state index is 0.407. The third-order valence-corrected chi connectivity index (χ3v) is 6.43. The topological polar surface area (TPSA) is 4.93 Å². The van der Waals surface area contributed by atoms with Crippen LogP contribution in [-0.4, -0.2) is 4.57 Å². The molecule has 2 aliphatic rings. The SMILES string of the molecule is CC1CC=Cc2c1c1ccccc1n2-c1ccccc1C1C=CC(Br)=CC1. The van der Waals surface area contributed by atoms with Crippen LogP contribution >= 0.6 is 15.9 Å². The predicted molar refractivity (Wildman–Crippen MR) is 119 cm³/mol. The van der Waals surface area contributed by atoms with Gasteiger partial charge in [-0.3, -0.25) is 0 Å². The number of rotatable bonds is 2. The van der Waals surface area contributed by atoms with Crippen molar-refractivity contribution in [2.24, 2.45) is 0 Å². The van der Waals surface area contributed by atoms with E-state index in [0.29, 0.717) is 11.8 Å². The Balaban J connectivity index is 1.77. The third kappa shape index (κ3) is 2.74. The first-order valence-electron chi connectivity index (χ1n) is 9.67. The van der Waals surface area contributed by atoms with Crippen molar-refractivity contribution in [1.82, 2.24) is 4.57 Å². The van der Waals surface area contributed by atoms with Crippen LogP contribution in [0.15, 0.2) is 77.3 Å². The first kappa shape index (κ1) is 16.8. The lowest BCUT2D eigenvalue weighted by Gasteiger charge is -2.22. The highest BCUT2D eigenvalue weighted by molar-refractivity contribution is 9.11. The molecule has 0 aliphatic heterocycles. The van der Waals surface area contributed by atoms with Crippen molar-refractivity contribution < 1.29 is 0 Å². The smallest absolute Gasteiger partial charge is 0.0537 e. The summed E-state index contributed by atoms with van der Waals surface area (Å²) < 4.78 is 3.66. The summed E-state index contributed by atoms with van der Waals surface area (Å²) in [6.07, 6.45) is 13.6. The Morgan fingerprint density at radius 2 is 1.78 bits per heavy atom. The molecule has 2 atom stereocenters. The van der Waals surface area contributed by atoms with Gasteiger partial charge in [-0.15, -0.1) is 0 Å². The van der Waals surface area contributed by atoms with Gasteiger partial charge in [0.05, 0.1) is 5.52 Å². The maximum absolute atomic E-state index is 3.59. The number of hydrogen-bond acceptors (Lipinski definition) is 0. The standard InChI is InChI=1S/C25H22BrN/c1-17-7-6-12-24-25(17)21-9-3-5-11-23(21)27(24)22-10-4-2-8-20(22)18-13-15-19(26)16-14-18/h2-6,8-13,15-18H,7,14H2,1H3. The molecule has 3 aromatic rings. The fraction of sp³-hybridized carbons (Fsp3) is 0.200. The Morgan fingerprint density at radius 3 is 2.63 bits per heavy atom. The van der Waals surface area contributed by atoms with E-state index in [0.717, 1.165) is 12.8 Å². The molecule has 0 saturated carbocycles. The van der Waals surface area contributed by atoms with Crippen molar-refractivity contribution in [3.63, 3.8) is 0 Å². The minimum Gasteiger partial charge on any atom is -0.309 e. The van der Waals surface area contributed by atoms with E-state index in [1.807, 2.05) is 0 Å². The van der Waals surface area contributed by atoms with Crippen molar-refractivity contribution >= 4 is 32.9 Å². The summed E-state index contributed by atoms with van der Waals surface area (Å²) >= 11 is 3.59. The van der Waals surface area contributed by atoms with Crippen LogP contribution in [0.3, 0.4) is 0 Å². The van der Waals surface area contributed by atoms with Gasteiger partial charge in [-0.1, -0.05) is 83.6 Å². The third-order valence-electron chi connectivity index (χ3n) is 5.84. The second-order valence-electron chi connectivity index (χ2n) is 7.54. The summed E-state index contributed by atoms with van der Waals surface area (Å²) in [5.41, 5.74) is 6.84. The number of nitrogens with zero attached hydrogens (tertiary/aromatic N) is 1. The highest BCUT2D eigenvalue weighted by Crippen LogP contribution is 2.41. The van der Waals surface area contributed by atoms with Crippen LogP contribution in [-0.2, 0) is 0 Å². The average Bonchev–Trinajstić information content (AvgIpc) is 3.04. The molecule has 0 N–H and O–H groups in total. The molecule has 1 aromatic heterocycles. The van der Waals surface area contributed by atoms with Crippen LogP contribution in [0.4, 0.5) is 0 Å². The Morgan fingerprint density at radius 1 is 0.963 bits per heavy atom. The first-order chi connectivity index (χ1) is 13.2. The van der Waals surface area contributed by atoms with Gasteiger partial charge in [-0.2, -0.15) is 0 Å². The summed E-state index contributed by atoms with van der Waals surface area (Å²) in [6, 6.07) is 17.7. The second kappa shape index (κ2) is 6.69. The molecule has 2 unspecified atom stereocenters. The summed E-state index contributed by atoms with van der Waals surface area (Å²) in [6.45, 7) is 2.34. The van der Waals surface area contributed by atoms with Crippen molar-refractivity contribution in [3.8, 4) is 5.69 Å². The molecule has 2 aromatic carbocycles. The summed E-state index contributed by atoms with van der Waals surface area (Å²) in [7, 11) is 0. The maximum atomic E-state index is 3.59. The van der Waals surface area contributed by atoms with Crippen LogP contribution in [0.2, 0.25) is 0 Å². The van der Waals surface area contributed by atoms with Gasteiger partial charge < -0.3 is 4.57 Å². The first-order valence-corrected chi connectivity index (χ1v) is 10.5. The fourth-order valence-corrected chi connectivity index (χ4v) is 4.90. The number of para-hydroxylation sites is 2. The second-order valence-corrected chi connectivity index (χ2v) is 8.46. The van der Waals surface area contributed by atoms with Gasteiger partial charge in [-0.05, 0) is 48.1 Å². The summed E-state index contributed by atoms with van der Waals surface area (Å²) in [4.78, 5) is 0. The van der Waals surface area contributed by atoms with Gasteiger partial charge in [-0.25, -0.2) is 0 Å². The van der Waals surface area contributed by atoms with Gasteiger partial charge in [0.25, 0.3) is 0 Å². The largest absolute Gasteiger partial charge is 0.309 e. The molecule has 0 fully saturated rings. The van der Waals surface area contributed by atoms with Crippen LogP contribution < -0.4 is 0 Å². The molecule has 0 saturated heterocycles. The summed E-state index contributed by atoms with van der Waals surface area (Å²) in [5.74, 6) is 0.959. The van der Waals surface area contributed by atoms with Gasteiger partial charge in [0.2, 0.25) is 0 Å². The molecule has 0 amide bonds. The van der Waals surface area contributed by atoms with Gasteiger partial charge in [0.1, 0.15) is 0 Å². The van der Waals surface area contributed by atoms with E-state index in [4.69, 9.17) is 0 Å². The van der Waals surface area contributed by atoms with Gasteiger partial charge in [0.15, 0.2) is 0 Å². The average molecular weight is 416 g/mol. The number of aromatic nitrogens is 1. The molecule has 27 heavy (non-hydrogen) atoms. The zero-order valence-electron chi connectivity index (χ0n) is 15.4. The van der Waals surface area contributed by atoms with E-state index in [1.165, 1.54) is 37.9 Å². The number of fused-ring (bicyclic) bond motifs is 3. The highest BCUT2D eigenvalue weighted by atomic mass is 79.9. The molecule has 0 radical (unpaired) electrons. The molecule has 0 spiro atoms. The van der Waals surface area contributed by atoms with Crippen molar-refractivity contribution in [1.29, 1.82) is 0 Å². The Hall–Kier alpha value is -2.32. The molecule has 2 heteroatoms. The zero-order valence-corrected chi connectivity index (χ0v) is 17.0. The Kier molecular flexibility index (Phi) is 4.17. The maximum Gasteiger partial charge on any atom is 0.0537 e. The normalized spacial score (nSPS) is 21.3. The lowest BCUT2D eigenvalue weighted by Crippen LogP contribution is -2.08. The number of hydrogen-bond donors (Lipinski definition) is 0. The molecule has 1 heterocycles. The number of allylic oxidation sites excluding steroid dienone is 5. The molecule has 1 nitrogen and oxygen atoms in total. The molecule has 5 rings (SSSR count). The molecular weight excluding hydrogens is 394 g/mol. The highest BCUT2D eigenvalue weighted by Gasteiger charge is 2.24. The monoisotopic (exact) mass is 415 g/mol. The summed E-state index contributed by atoms with van der Waals surface area (Å²) in [5, 5.41) is 1.39. The number of halogens is 1. The molecule has 0 bridgehead atoms. The van der Waals surface area contributed by atoms with Crippen molar-refractivity contribution in [2.45, 2.75) is 31.6 Å². The fourth-order valence-electron chi connectivity index (χ4n) is 4.56. The number of benzene rings is 2. The zero-order chi connectivity index (χ0) is 18.4. The van der Waals surface area contributed by atoms with E-state index < -0.39 is 0 Å². The quantitative estimate of drug-likeness (QED) is 0.408. The van der Waals surface area contributed by atoms with E-state index in [2.05, 4.69) is 106 Å². The predicted octanol–water partition coefficient (Wildman–Crippen LogP) is 7.47. The molecule has 134 valence electrons. The van der Waals surface area contributed by atoms with E-state index in [1.54, 1.807) is 0 Å². The van der Waals surface area contributed by atoms with Gasteiger partial charge in [0, 0.05) is 27.2 Å². The lowest BCUT2D eigenvalue weighted by molar-refractivity contribution is 0.771. The molecular formula is C25H22BrN. The Labute approximate surface area is 168 Å².